The third-order valence-corrected chi connectivity index (χ3v) is 5.57. The molecule has 1 aromatic heterocycles. The molecule has 1 aromatic rings. The highest BCUT2D eigenvalue weighted by Gasteiger charge is 2.27. The summed E-state index contributed by atoms with van der Waals surface area (Å²) in [7, 11) is 0. The molecule has 1 aliphatic heterocycles. The number of aromatic nitrogens is 2. The van der Waals surface area contributed by atoms with Crippen LogP contribution in [0, 0.1) is 11.8 Å². The number of carboxylic acid groups (broad SMARTS) is 1. The molecular formula is C18H30Cl2N4O3. The van der Waals surface area contributed by atoms with E-state index >= 15 is 0 Å². The first-order valence-corrected chi connectivity index (χ1v) is 9.39. The zero-order chi connectivity index (χ0) is 17.6. The van der Waals surface area contributed by atoms with Gasteiger partial charge in [-0.2, -0.15) is 0 Å². The van der Waals surface area contributed by atoms with E-state index in [1.165, 1.54) is 12.8 Å². The van der Waals surface area contributed by atoms with Gasteiger partial charge in [-0.05, 0) is 64.0 Å². The zero-order valence-corrected chi connectivity index (χ0v) is 17.1. The molecule has 0 radical (unpaired) electrons. The maximum absolute atomic E-state index is 12.5. The van der Waals surface area contributed by atoms with E-state index in [4.69, 9.17) is 5.11 Å². The van der Waals surface area contributed by atoms with E-state index in [0.29, 0.717) is 24.6 Å². The SMILES string of the molecule is Cl.Cl.O=C(N[C@H]1CC[C@H](C(=O)O)CC1)c1nccn1CCC1CCNCC1. The lowest BCUT2D eigenvalue weighted by atomic mass is 9.86. The number of nitrogens with zero attached hydrogens (tertiary/aromatic N) is 2. The summed E-state index contributed by atoms with van der Waals surface area (Å²) in [4.78, 5) is 27.8. The Hall–Kier alpha value is -1.31. The van der Waals surface area contributed by atoms with Crippen LogP contribution in [0.4, 0.5) is 0 Å². The van der Waals surface area contributed by atoms with E-state index in [2.05, 4.69) is 15.6 Å². The molecule has 1 aliphatic carbocycles. The van der Waals surface area contributed by atoms with Gasteiger partial charge in [0.1, 0.15) is 0 Å². The van der Waals surface area contributed by atoms with Crippen LogP contribution in [-0.2, 0) is 11.3 Å². The Balaban J connectivity index is 0.00000182. The van der Waals surface area contributed by atoms with Gasteiger partial charge in [-0.3, -0.25) is 9.59 Å². The van der Waals surface area contributed by atoms with Crippen molar-refractivity contribution in [1.29, 1.82) is 0 Å². The van der Waals surface area contributed by atoms with Crippen LogP contribution in [0.25, 0.3) is 0 Å². The zero-order valence-electron chi connectivity index (χ0n) is 15.4. The molecule has 0 unspecified atom stereocenters. The number of imidazole rings is 1. The van der Waals surface area contributed by atoms with Gasteiger partial charge in [-0.25, -0.2) is 4.98 Å². The van der Waals surface area contributed by atoms with E-state index in [9.17, 15) is 9.59 Å². The molecule has 2 heterocycles. The number of halogens is 2. The van der Waals surface area contributed by atoms with Gasteiger partial charge in [0.05, 0.1) is 5.92 Å². The average molecular weight is 421 g/mol. The topological polar surface area (TPSA) is 96.2 Å². The third-order valence-electron chi connectivity index (χ3n) is 5.57. The van der Waals surface area contributed by atoms with Crippen molar-refractivity contribution in [3.05, 3.63) is 18.2 Å². The first-order valence-electron chi connectivity index (χ1n) is 9.39. The lowest BCUT2D eigenvalue weighted by Gasteiger charge is -2.27. The Morgan fingerprint density at radius 3 is 2.44 bits per heavy atom. The number of carbonyl (C=O) groups is 2. The summed E-state index contributed by atoms with van der Waals surface area (Å²) in [5.41, 5.74) is 0. The number of carbonyl (C=O) groups excluding carboxylic acids is 1. The summed E-state index contributed by atoms with van der Waals surface area (Å²) in [6.45, 7) is 2.99. The largest absolute Gasteiger partial charge is 0.481 e. The van der Waals surface area contributed by atoms with Crippen LogP contribution in [0.15, 0.2) is 12.4 Å². The van der Waals surface area contributed by atoms with E-state index < -0.39 is 5.97 Å². The Kier molecular flexibility index (Phi) is 10.1. The predicted octanol–water partition coefficient (Wildman–Crippen LogP) is 2.49. The van der Waals surface area contributed by atoms with Gasteiger partial charge < -0.3 is 20.3 Å². The van der Waals surface area contributed by atoms with Crippen molar-refractivity contribution in [2.45, 2.75) is 57.5 Å². The number of aryl methyl sites for hydroxylation is 1. The Morgan fingerprint density at radius 2 is 1.81 bits per heavy atom. The van der Waals surface area contributed by atoms with Gasteiger partial charge in [0, 0.05) is 25.0 Å². The third kappa shape index (κ3) is 6.66. The highest BCUT2D eigenvalue weighted by atomic mass is 35.5. The summed E-state index contributed by atoms with van der Waals surface area (Å²) in [6.07, 6.45) is 9.72. The van der Waals surface area contributed by atoms with Crippen molar-refractivity contribution < 1.29 is 14.7 Å². The number of hydrogen-bond acceptors (Lipinski definition) is 4. The Labute approximate surface area is 172 Å². The molecule has 2 aliphatic rings. The highest BCUT2D eigenvalue weighted by molar-refractivity contribution is 5.91. The molecule has 0 atom stereocenters. The van der Waals surface area contributed by atoms with Gasteiger partial charge in [0.25, 0.3) is 5.91 Å². The Bertz CT molecular complexity index is 597. The molecule has 0 spiro atoms. The molecule has 9 heteroatoms. The minimum absolute atomic E-state index is 0. The average Bonchev–Trinajstić information content (AvgIpc) is 3.10. The number of piperidine rings is 1. The van der Waals surface area contributed by atoms with Crippen molar-refractivity contribution >= 4 is 36.7 Å². The van der Waals surface area contributed by atoms with Gasteiger partial charge in [0.2, 0.25) is 0 Å². The maximum Gasteiger partial charge on any atom is 0.306 e. The number of amides is 1. The molecule has 27 heavy (non-hydrogen) atoms. The fourth-order valence-electron chi connectivity index (χ4n) is 3.93. The Morgan fingerprint density at radius 1 is 1.15 bits per heavy atom. The fraction of sp³-hybridized carbons (Fsp3) is 0.722. The van der Waals surface area contributed by atoms with E-state index in [0.717, 1.165) is 38.9 Å². The van der Waals surface area contributed by atoms with Gasteiger partial charge in [-0.15, -0.1) is 24.8 Å². The molecule has 0 bridgehead atoms. The van der Waals surface area contributed by atoms with E-state index in [1.807, 2.05) is 10.8 Å². The van der Waals surface area contributed by atoms with E-state index in [1.54, 1.807) is 6.20 Å². The number of hydrogen-bond donors (Lipinski definition) is 3. The molecule has 1 amide bonds. The maximum atomic E-state index is 12.5. The van der Waals surface area contributed by atoms with Crippen molar-refractivity contribution in [3.8, 4) is 0 Å². The van der Waals surface area contributed by atoms with Crippen molar-refractivity contribution in [2.24, 2.45) is 11.8 Å². The minimum atomic E-state index is -0.724. The molecule has 2 fully saturated rings. The minimum Gasteiger partial charge on any atom is -0.481 e. The molecule has 7 nitrogen and oxygen atoms in total. The quantitative estimate of drug-likeness (QED) is 0.656. The second-order valence-electron chi connectivity index (χ2n) is 7.29. The molecule has 1 saturated heterocycles. The van der Waals surface area contributed by atoms with E-state index in [-0.39, 0.29) is 42.7 Å². The first-order chi connectivity index (χ1) is 12.1. The number of rotatable bonds is 6. The molecular weight excluding hydrogens is 391 g/mol. The number of carboxylic acids is 1. The second-order valence-corrected chi connectivity index (χ2v) is 7.29. The van der Waals surface area contributed by atoms with Crippen molar-refractivity contribution in [3.63, 3.8) is 0 Å². The van der Waals surface area contributed by atoms with Crippen molar-refractivity contribution in [1.82, 2.24) is 20.2 Å². The van der Waals surface area contributed by atoms with Crippen LogP contribution >= 0.6 is 24.8 Å². The first kappa shape index (κ1) is 23.7. The van der Waals surface area contributed by atoms with Crippen molar-refractivity contribution in [2.75, 3.05) is 13.1 Å². The summed E-state index contributed by atoms with van der Waals surface area (Å²) >= 11 is 0. The van der Waals surface area contributed by atoms with Crippen LogP contribution in [0.5, 0.6) is 0 Å². The summed E-state index contributed by atoms with van der Waals surface area (Å²) < 4.78 is 1.94. The van der Waals surface area contributed by atoms with Gasteiger partial charge >= 0.3 is 5.97 Å². The van der Waals surface area contributed by atoms with Crippen LogP contribution in [0.1, 0.15) is 55.6 Å². The monoisotopic (exact) mass is 420 g/mol. The van der Waals surface area contributed by atoms with Crippen LogP contribution in [0.2, 0.25) is 0 Å². The van der Waals surface area contributed by atoms with Gasteiger partial charge in [0.15, 0.2) is 5.82 Å². The predicted molar refractivity (Wildman–Crippen MR) is 108 cm³/mol. The highest BCUT2D eigenvalue weighted by Crippen LogP contribution is 2.24. The molecule has 3 N–H and O–H groups in total. The lowest BCUT2D eigenvalue weighted by Crippen LogP contribution is -2.39. The number of aliphatic carboxylic acids is 1. The normalized spacial score (nSPS) is 23.0. The molecule has 1 saturated carbocycles. The van der Waals surface area contributed by atoms with Crippen LogP contribution < -0.4 is 10.6 Å². The fourth-order valence-corrected chi connectivity index (χ4v) is 3.93. The van der Waals surface area contributed by atoms with Crippen LogP contribution in [-0.4, -0.2) is 45.7 Å². The summed E-state index contributed by atoms with van der Waals surface area (Å²) in [6, 6.07) is 0.0534. The second kappa shape index (κ2) is 11.5. The summed E-state index contributed by atoms with van der Waals surface area (Å²) in [5, 5.41) is 15.5. The molecule has 154 valence electrons. The number of nitrogens with one attached hydrogen (secondary N) is 2. The lowest BCUT2D eigenvalue weighted by molar-refractivity contribution is -0.142. The summed E-state index contributed by atoms with van der Waals surface area (Å²) in [5.74, 6) is 0.0487. The smallest absolute Gasteiger partial charge is 0.306 e. The standard InChI is InChI=1S/C18H28N4O3.2ClH/c23-17(21-15-3-1-14(2-4-15)18(24)25)16-20-10-12-22(16)11-7-13-5-8-19-9-6-13;;/h10,12-15,19H,1-9,11H2,(H,21,23)(H,24,25);2*1H/t14-,15-;;. The van der Waals surface area contributed by atoms with Crippen LogP contribution in [0.3, 0.4) is 0 Å². The molecule has 3 rings (SSSR count). The van der Waals surface area contributed by atoms with Gasteiger partial charge in [-0.1, -0.05) is 0 Å². The molecule has 0 aromatic carbocycles.